The van der Waals surface area contributed by atoms with Gasteiger partial charge in [-0.05, 0) is 34.2 Å². The molecule has 0 radical (unpaired) electrons. The lowest BCUT2D eigenvalue weighted by atomic mass is 10.2. The molecule has 0 N–H and O–H groups in total. The Kier molecular flexibility index (Phi) is 2.61. The van der Waals surface area contributed by atoms with Gasteiger partial charge >= 0.3 is 0 Å². The molecule has 0 spiro atoms. The van der Waals surface area contributed by atoms with E-state index in [4.69, 9.17) is 0 Å². The SMILES string of the molecule is Ic1ncnc2sc(-c3ccccc3)cc12. The zero-order valence-corrected chi connectivity index (χ0v) is 11.2. The Morgan fingerprint density at radius 2 is 1.88 bits per heavy atom. The Balaban J connectivity index is 2.23. The van der Waals surface area contributed by atoms with Crippen LogP contribution in [0.15, 0.2) is 42.7 Å². The number of thiophene rings is 1. The average molecular weight is 338 g/mol. The molecule has 4 heteroatoms. The van der Waals surface area contributed by atoms with Crippen molar-refractivity contribution in [2.45, 2.75) is 0 Å². The van der Waals surface area contributed by atoms with Crippen LogP contribution in [0, 0.1) is 3.70 Å². The third-order valence-electron chi connectivity index (χ3n) is 2.34. The van der Waals surface area contributed by atoms with E-state index in [-0.39, 0.29) is 0 Å². The number of nitrogens with zero attached hydrogens (tertiary/aromatic N) is 2. The van der Waals surface area contributed by atoms with E-state index in [9.17, 15) is 0 Å². The van der Waals surface area contributed by atoms with Crippen molar-refractivity contribution in [3.63, 3.8) is 0 Å². The predicted molar refractivity (Wildman–Crippen MR) is 75.6 cm³/mol. The van der Waals surface area contributed by atoms with Gasteiger partial charge in [-0.25, -0.2) is 9.97 Å². The number of benzene rings is 1. The van der Waals surface area contributed by atoms with Gasteiger partial charge in [0, 0.05) is 10.3 Å². The van der Waals surface area contributed by atoms with Gasteiger partial charge in [-0.1, -0.05) is 30.3 Å². The van der Waals surface area contributed by atoms with Gasteiger partial charge in [0.2, 0.25) is 0 Å². The van der Waals surface area contributed by atoms with Crippen LogP contribution in [0.1, 0.15) is 0 Å². The standard InChI is InChI=1S/C12H7IN2S/c13-11-9-6-10(8-4-2-1-3-5-8)16-12(9)15-7-14-11/h1-7H. The van der Waals surface area contributed by atoms with E-state index in [1.807, 2.05) is 6.07 Å². The molecule has 0 unspecified atom stereocenters. The summed E-state index contributed by atoms with van der Waals surface area (Å²) in [5.74, 6) is 0. The summed E-state index contributed by atoms with van der Waals surface area (Å²) in [6, 6.07) is 12.5. The van der Waals surface area contributed by atoms with Crippen LogP contribution in [0.2, 0.25) is 0 Å². The quantitative estimate of drug-likeness (QED) is 0.496. The van der Waals surface area contributed by atoms with Crippen LogP contribution in [0.25, 0.3) is 20.7 Å². The van der Waals surface area contributed by atoms with Gasteiger partial charge in [0.05, 0.1) is 0 Å². The first kappa shape index (κ1) is 10.2. The molecule has 2 aromatic heterocycles. The number of aromatic nitrogens is 2. The number of halogens is 1. The molecule has 2 heterocycles. The molecule has 78 valence electrons. The highest BCUT2D eigenvalue weighted by atomic mass is 127. The number of fused-ring (bicyclic) bond motifs is 1. The summed E-state index contributed by atoms with van der Waals surface area (Å²) < 4.78 is 1.01. The summed E-state index contributed by atoms with van der Waals surface area (Å²) in [5.41, 5.74) is 1.24. The monoisotopic (exact) mass is 338 g/mol. The molecule has 0 amide bonds. The Bertz CT molecular complexity index is 634. The zero-order valence-electron chi connectivity index (χ0n) is 8.22. The number of hydrogen-bond donors (Lipinski definition) is 0. The first-order chi connectivity index (χ1) is 7.84. The first-order valence-electron chi connectivity index (χ1n) is 4.80. The summed E-state index contributed by atoms with van der Waals surface area (Å²) in [6.45, 7) is 0. The van der Waals surface area contributed by atoms with Gasteiger partial charge in [-0.2, -0.15) is 0 Å². The molecule has 16 heavy (non-hydrogen) atoms. The van der Waals surface area contributed by atoms with Crippen molar-refractivity contribution in [3.05, 3.63) is 46.4 Å². The predicted octanol–water partition coefficient (Wildman–Crippen LogP) is 3.96. The number of rotatable bonds is 1. The van der Waals surface area contributed by atoms with Crippen LogP contribution in [0.5, 0.6) is 0 Å². The van der Waals surface area contributed by atoms with E-state index in [0.29, 0.717) is 0 Å². The van der Waals surface area contributed by atoms with E-state index >= 15 is 0 Å². The highest BCUT2D eigenvalue weighted by molar-refractivity contribution is 14.1. The van der Waals surface area contributed by atoms with Gasteiger partial charge in [-0.15, -0.1) is 11.3 Å². The Morgan fingerprint density at radius 3 is 2.62 bits per heavy atom. The van der Waals surface area contributed by atoms with Gasteiger partial charge in [0.25, 0.3) is 0 Å². The van der Waals surface area contributed by atoms with Gasteiger partial charge < -0.3 is 0 Å². The minimum Gasteiger partial charge on any atom is -0.230 e. The molecule has 3 aromatic rings. The van der Waals surface area contributed by atoms with Crippen LogP contribution in [-0.4, -0.2) is 9.97 Å². The Labute approximate surface area is 111 Å². The molecule has 3 rings (SSSR count). The molecule has 0 bridgehead atoms. The van der Waals surface area contributed by atoms with E-state index in [1.165, 1.54) is 10.4 Å². The molecule has 2 nitrogen and oxygen atoms in total. The van der Waals surface area contributed by atoms with Crippen molar-refractivity contribution >= 4 is 44.1 Å². The molecule has 0 saturated carbocycles. The lowest BCUT2D eigenvalue weighted by molar-refractivity contribution is 1.20. The van der Waals surface area contributed by atoms with Crippen LogP contribution in [-0.2, 0) is 0 Å². The highest BCUT2D eigenvalue weighted by Crippen LogP contribution is 2.33. The van der Waals surface area contributed by atoms with Crippen molar-refractivity contribution in [1.29, 1.82) is 0 Å². The largest absolute Gasteiger partial charge is 0.230 e. The van der Waals surface area contributed by atoms with Crippen LogP contribution in [0.4, 0.5) is 0 Å². The molecule has 0 saturated heterocycles. The Morgan fingerprint density at radius 1 is 1.06 bits per heavy atom. The third kappa shape index (κ3) is 1.72. The molecular weight excluding hydrogens is 331 g/mol. The van der Waals surface area contributed by atoms with Crippen molar-refractivity contribution in [3.8, 4) is 10.4 Å². The topological polar surface area (TPSA) is 25.8 Å². The molecule has 0 fully saturated rings. The maximum Gasteiger partial charge on any atom is 0.128 e. The third-order valence-corrected chi connectivity index (χ3v) is 4.29. The molecule has 1 aromatic carbocycles. The molecular formula is C12H7IN2S. The van der Waals surface area contributed by atoms with Crippen molar-refractivity contribution in [2.75, 3.05) is 0 Å². The summed E-state index contributed by atoms with van der Waals surface area (Å²) in [4.78, 5) is 10.8. The molecule has 0 aliphatic carbocycles. The van der Waals surface area contributed by atoms with Crippen molar-refractivity contribution in [2.24, 2.45) is 0 Å². The fraction of sp³-hybridized carbons (Fsp3) is 0. The van der Waals surface area contributed by atoms with E-state index < -0.39 is 0 Å². The highest BCUT2D eigenvalue weighted by Gasteiger charge is 2.07. The molecule has 0 atom stereocenters. The summed E-state index contributed by atoms with van der Waals surface area (Å²) in [5, 5.41) is 1.15. The maximum absolute atomic E-state index is 4.29. The second-order valence-corrected chi connectivity index (χ2v) is 5.41. The van der Waals surface area contributed by atoms with Crippen LogP contribution in [0.3, 0.4) is 0 Å². The lowest BCUT2D eigenvalue weighted by Crippen LogP contribution is -1.80. The second-order valence-electron chi connectivity index (χ2n) is 3.36. The fourth-order valence-corrected chi connectivity index (χ4v) is 3.29. The lowest BCUT2D eigenvalue weighted by Gasteiger charge is -1.93. The summed E-state index contributed by atoms with van der Waals surface area (Å²) >= 11 is 3.96. The normalized spacial score (nSPS) is 10.8. The van der Waals surface area contributed by atoms with E-state index in [2.05, 4.69) is 62.9 Å². The van der Waals surface area contributed by atoms with Gasteiger partial charge in [-0.3, -0.25) is 0 Å². The number of hydrogen-bond acceptors (Lipinski definition) is 3. The maximum atomic E-state index is 4.29. The van der Waals surface area contributed by atoms with E-state index in [1.54, 1.807) is 17.7 Å². The minimum absolute atomic E-state index is 1.01. The molecule has 0 aliphatic heterocycles. The van der Waals surface area contributed by atoms with Gasteiger partial charge in [0.1, 0.15) is 14.9 Å². The summed E-state index contributed by atoms with van der Waals surface area (Å²) in [6.07, 6.45) is 1.62. The Hall–Kier alpha value is -1.01. The first-order valence-corrected chi connectivity index (χ1v) is 6.69. The van der Waals surface area contributed by atoms with Crippen molar-refractivity contribution in [1.82, 2.24) is 9.97 Å². The average Bonchev–Trinajstić information content (AvgIpc) is 2.76. The molecule has 0 aliphatic rings. The second kappa shape index (κ2) is 4.10. The van der Waals surface area contributed by atoms with Crippen LogP contribution >= 0.6 is 33.9 Å². The smallest absolute Gasteiger partial charge is 0.128 e. The minimum atomic E-state index is 1.01. The van der Waals surface area contributed by atoms with Crippen molar-refractivity contribution < 1.29 is 0 Å². The van der Waals surface area contributed by atoms with Gasteiger partial charge in [0.15, 0.2) is 0 Å². The van der Waals surface area contributed by atoms with E-state index in [0.717, 1.165) is 13.9 Å². The van der Waals surface area contributed by atoms with Crippen LogP contribution < -0.4 is 0 Å². The zero-order chi connectivity index (χ0) is 11.0. The summed E-state index contributed by atoms with van der Waals surface area (Å²) in [7, 11) is 0. The fourth-order valence-electron chi connectivity index (χ4n) is 1.57.